The fourth-order valence-electron chi connectivity index (χ4n) is 1.43. The fourth-order valence-corrected chi connectivity index (χ4v) is 1.92. The summed E-state index contributed by atoms with van der Waals surface area (Å²) in [6, 6.07) is 0. The Hall–Kier alpha value is 0.334. The molecule has 0 aliphatic heterocycles. The van der Waals surface area contributed by atoms with Gasteiger partial charge in [-0.25, -0.2) is 6.61 Å². The molecule has 1 atom stereocenters. The van der Waals surface area contributed by atoms with Gasteiger partial charge in [-0.3, -0.25) is 0 Å². The molecule has 0 N–H and O–H groups in total. The molecule has 94 valence electrons. The monoisotopic (exact) mass is 246 g/mol. The van der Waals surface area contributed by atoms with E-state index < -0.39 is 9.04 Å². The van der Waals surface area contributed by atoms with E-state index in [1.165, 1.54) is 0 Å². The molecule has 0 saturated carbocycles. The first kappa shape index (κ1) is 19.7. The Balaban J connectivity index is 0. The maximum absolute atomic E-state index is 5.64. The number of hydrogen-bond acceptors (Lipinski definition) is 1. The molecule has 0 aromatic carbocycles. The minimum Gasteiger partial charge on any atom is -0.595 e. The molecule has 0 aromatic rings. The Morgan fingerprint density at radius 2 is 1.82 bits per heavy atom. The molecular formula is C14H27LiOSi. The summed E-state index contributed by atoms with van der Waals surface area (Å²) in [5.74, 6) is 7.02. The summed E-state index contributed by atoms with van der Waals surface area (Å²) in [4.78, 5) is 0. The van der Waals surface area contributed by atoms with Crippen LogP contribution in [0.2, 0.25) is 13.1 Å². The van der Waals surface area contributed by atoms with Crippen molar-refractivity contribution in [2.24, 2.45) is 11.3 Å². The van der Waals surface area contributed by atoms with Gasteiger partial charge in [-0.1, -0.05) is 46.7 Å². The van der Waals surface area contributed by atoms with Crippen LogP contribution < -0.4 is 18.9 Å². The molecule has 0 saturated heterocycles. The van der Waals surface area contributed by atoms with Crippen LogP contribution in [0.3, 0.4) is 0 Å². The van der Waals surface area contributed by atoms with E-state index in [-0.39, 0.29) is 18.9 Å². The first-order valence-electron chi connectivity index (χ1n) is 6.30. The maximum atomic E-state index is 5.64. The van der Waals surface area contributed by atoms with Crippen LogP contribution in [0, 0.1) is 29.8 Å². The molecule has 1 unspecified atom stereocenters. The molecule has 0 rings (SSSR count). The van der Waals surface area contributed by atoms with E-state index in [0.717, 1.165) is 19.3 Å². The van der Waals surface area contributed by atoms with Gasteiger partial charge in [-0.2, -0.15) is 6.42 Å². The second-order valence-corrected chi connectivity index (χ2v) is 7.93. The summed E-state index contributed by atoms with van der Waals surface area (Å²) >= 11 is 0. The Bertz CT molecular complexity index is 235. The topological polar surface area (TPSA) is 9.23 Å². The van der Waals surface area contributed by atoms with Crippen LogP contribution in [0.5, 0.6) is 0 Å². The second kappa shape index (κ2) is 10.3. The van der Waals surface area contributed by atoms with Crippen LogP contribution >= 0.6 is 0 Å². The van der Waals surface area contributed by atoms with Gasteiger partial charge in [0.25, 0.3) is 0 Å². The molecule has 0 fully saturated rings. The SMILES string of the molecule is CCC#CCC(C[CH-]O[SiH](C)C)C(C)(C)C.[Li+]. The van der Waals surface area contributed by atoms with Crippen LogP contribution in [-0.4, -0.2) is 9.04 Å². The molecule has 17 heavy (non-hydrogen) atoms. The standard InChI is InChI=1S/C14H27OSi.Li/c1-7-8-9-10-13(14(2,3)4)11-12-15-16(5)6;/h12-13,16H,7,10-11H2,1-6H3;/q-1;+1. The van der Waals surface area contributed by atoms with Gasteiger partial charge in [0.2, 0.25) is 0 Å². The third-order valence-electron chi connectivity index (χ3n) is 2.62. The molecule has 3 heteroatoms. The molecule has 0 bridgehead atoms. The van der Waals surface area contributed by atoms with Crippen molar-refractivity contribution in [2.75, 3.05) is 0 Å². The molecule has 0 amide bonds. The summed E-state index contributed by atoms with van der Waals surface area (Å²) in [7, 11) is -0.908. The van der Waals surface area contributed by atoms with Crippen molar-refractivity contribution < 1.29 is 23.3 Å². The van der Waals surface area contributed by atoms with Crippen LogP contribution in [0.25, 0.3) is 0 Å². The van der Waals surface area contributed by atoms with E-state index in [2.05, 4.69) is 52.6 Å². The molecule has 0 spiro atoms. The smallest absolute Gasteiger partial charge is 0.595 e. The molecule has 1 nitrogen and oxygen atoms in total. The van der Waals surface area contributed by atoms with Crippen molar-refractivity contribution in [3.8, 4) is 11.8 Å². The van der Waals surface area contributed by atoms with Gasteiger partial charge >= 0.3 is 18.9 Å². The van der Waals surface area contributed by atoms with Crippen molar-refractivity contribution in [1.29, 1.82) is 0 Å². The largest absolute Gasteiger partial charge is 1.00 e. The zero-order chi connectivity index (χ0) is 12.6. The van der Waals surface area contributed by atoms with Crippen molar-refractivity contribution >= 4 is 9.04 Å². The van der Waals surface area contributed by atoms with E-state index in [0.29, 0.717) is 11.3 Å². The van der Waals surface area contributed by atoms with Gasteiger partial charge in [0.1, 0.15) is 9.04 Å². The van der Waals surface area contributed by atoms with E-state index in [1.54, 1.807) is 0 Å². The van der Waals surface area contributed by atoms with E-state index in [9.17, 15) is 0 Å². The van der Waals surface area contributed by atoms with Crippen LogP contribution in [0.4, 0.5) is 0 Å². The first-order chi connectivity index (χ1) is 7.38. The average Bonchev–Trinajstić information content (AvgIpc) is 2.13. The summed E-state index contributed by atoms with van der Waals surface area (Å²) in [5, 5.41) is 0. The normalized spacial score (nSPS) is 12.6. The van der Waals surface area contributed by atoms with Crippen LogP contribution in [0.1, 0.15) is 47.0 Å². The van der Waals surface area contributed by atoms with Gasteiger partial charge < -0.3 is 4.43 Å². The van der Waals surface area contributed by atoms with Gasteiger partial charge in [0, 0.05) is 12.8 Å². The van der Waals surface area contributed by atoms with Crippen molar-refractivity contribution in [2.45, 2.75) is 60.1 Å². The van der Waals surface area contributed by atoms with Gasteiger partial charge in [-0.05, 0) is 5.41 Å². The summed E-state index contributed by atoms with van der Waals surface area (Å²) in [6.45, 7) is 15.3. The Kier molecular flexibility index (Phi) is 11.9. The molecule has 0 aromatic heterocycles. The predicted molar refractivity (Wildman–Crippen MR) is 74.5 cm³/mol. The van der Waals surface area contributed by atoms with E-state index in [1.807, 2.05) is 6.61 Å². The van der Waals surface area contributed by atoms with E-state index in [4.69, 9.17) is 4.43 Å². The number of hydrogen-bond donors (Lipinski definition) is 0. The van der Waals surface area contributed by atoms with E-state index >= 15 is 0 Å². The average molecular weight is 246 g/mol. The third kappa shape index (κ3) is 11.2. The second-order valence-electron chi connectivity index (χ2n) is 5.56. The third-order valence-corrected chi connectivity index (χ3v) is 3.36. The fraction of sp³-hybridized carbons (Fsp3) is 0.786. The molecule has 0 heterocycles. The van der Waals surface area contributed by atoms with Gasteiger partial charge in [-0.15, -0.1) is 11.8 Å². The molecular weight excluding hydrogens is 219 g/mol. The molecule has 0 radical (unpaired) electrons. The van der Waals surface area contributed by atoms with Gasteiger partial charge in [0.05, 0.1) is 0 Å². The number of rotatable bonds is 5. The maximum Gasteiger partial charge on any atom is 1.00 e. The van der Waals surface area contributed by atoms with Crippen LogP contribution in [-0.2, 0) is 4.43 Å². The Labute approximate surface area is 122 Å². The van der Waals surface area contributed by atoms with Crippen LogP contribution in [0.15, 0.2) is 0 Å². The zero-order valence-electron chi connectivity index (χ0n) is 12.8. The quantitative estimate of drug-likeness (QED) is 0.400. The van der Waals surface area contributed by atoms with Gasteiger partial charge in [0.15, 0.2) is 0 Å². The predicted octanol–water partition coefficient (Wildman–Crippen LogP) is 1.01. The van der Waals surface area contributed by atoms with Crippen molar-refractivity contribution in [3.05, 3.63) is 6.61 Å². The molecule has 0 aliphatic rings. The van der Waals surface area contributed by atoms with Crippen molar-refractivity contribution in [1.82, 2.24) is 0 Å². The summed E-state index contributed by atoms with van der Waals surface area (Å²) in [6.07, 6.45) is 2.96. The first-order valence-corrected chi connectivity index (χ1v) is 9.08. The summed E-state index contributed by atoms with van der Waals surface area (Å²) in [5.41, 5.74) is 0.306. The minimum absolute atomic E-state index is 0. The summed E-state index contributed by atoms with van der Waals surface area (Å²) < 4.78 is 5.64. The van der Waals surface area contributed by atoms with Crippen molar-refractivity contribution in [3.63, 3.8) is 0 Å². The Morgan fingerprint density at radius 1 is 1.24 bits per heavy atom. The molecule has 0 aliphatic carbocycles. The minimum atomic E-state index is -0.908. The zero-order valence-corrected chi connectivity index (χ0v) is 13.9. The Morgan fingerprint density at radius 3 is 2.24 bits per heavy atom.